The van der Waals surface area contributed by atoms with E-state index in [0.717, 1.165) is 41.9 Å². The van der Waals surface area contributed by atoms with Crippen molar-refractivity contribution in [2.75, 3.05) is 4.90 Å². The van der Waals surface area contributed by atoms with Crippen molar-refractivity contribution in [1.82, 2.24) is 0 Å². The summed E-state index contributed by atoms with van der Waals surface area (Å²) in [6, 6.07) is 65.2. The first-order chi connectivity index (χ1) is 31.6. The molecule has 1 fully saturated rings. The molecule has 0 atom stereocenters. The third kappa shape index (κ3) is 5.90. The van der Waals surface area contributed by atoms with E-state index in [1.54, 1.807) is 0 Å². The minimum absolute atomic E-state index is 0.0171. The fraction of sp³-hybridized carbons (Fsp3) is 0.250. The zero-order chi connectivity index (χ0) is 45.5. The molecule has 0 aliphatic heterocycles. The van der Waals surface area contributed by atoms with E-state index in [-0.39, 0.29) is 16.2 Å². The van der Waals surface area contributed by atoms with Gasteiger partial charge in [-0.15, -0.1) is 0 Å². The molecule has 0 bridgehead atoms. The van der Waals surface area contributed by atoms with Gasteiger partial charge >= 0.3 is 0 Å². The quantitative estimate of drug-likeness (QED) is 0.167. The van der Waals surface area contributed by atoms with Crippen LogP contribution < -0.4 is 4.90 Å². The predicted octanol–water partition coefficient (Wildman–Crippen LogP) is 17.3. The molecule has 0 amide bonds. The maximum Gasteiger partial charge on any atom is 0.0726 e. The fourth-order valence-corrected chi connectivity index (χ4v) is 11.9. The Kier molecular flexibility index (Phi) is 8.41. The maximum atomic E-state index is 8.90. The highest BCUT2D eigenvalue weighted by atomic mass is 15.1. The van der Waals surface area contributed by atoms with Crippen molar-refractivity contribution in [3.05, 3.63) is 220 Å². The van der Waals surface area contributed by atoms with Crippen molar-refractivity contribution in [3.8, 4) is 44.5 Å². The van der Waals surface area contributed by atoms with Crippen LogP contribution in [-0.2, 0) is 21.7 Å². The van der Waals surface area contributed by atoms with Crippen LogP contribution in [0.3, 0.4) is 0 Å². The van der Waals surface area contributed by atoms with Crippen LogP contribution in [0.5, 0.6) is 0 Å². The van der Waals surface area contributed by atoms with E-state index in [1.165, 1.54) is 89.0 Å². The number of anilines is 3. The van der Waals surface area contributed by atoms with Crippen LogP contribution in [-0.4, -0.2) is 0 Å². The van der Waals surface area contributed by atoms with Gasteiger partial charge in [-0.25, -0.2) is 0 Å². The Balaban J connectivity index is 1.08. The molecule has 65 heavy (non-hydrogen) atoms. The molecule has 0 aromatic heterocycles. The van der Waals surface area contributed by atoms with Crippen LogP contribution in [0.4, 0.5) is 17.1 Å². The molecule has 4 aliphatic rings. The van der Waals surface area contributed by atoms with Crippen LogP contribution in [0.1, 0.15) is 132 Å². The largest absolute Gasteiger partial charge is 0.310 e. The van der Waals surface area contributed by atoms with Gasteiger partial charge in [0.05, 0.1) is 5.41 Å². The molecule has 8 aromatic rings. The van der Waals surface area contributed by atoms with Crippen LogP contribution in [0.25, 0.3) is 44.5 Å². The second kappa shape index (κ2) is 14.0. The normalized spacial score (nSPS) is 16.7. The van der Waals surface area contributed by atoms with Crippen molar-refractivity contribution in [2.45, 2.75) is 102 Å². The van der Waals surface area contributed by atoms with Crippen molar-refractivity contribution in [2.24, 2.45) is 0 Å². The minimum atomic E-state index is -0.504. The predicted molar refractivity (Wildman–Crippen MR) is 274 cm³/mol. The van der Waals surface area contributed by atoms with Gasteiger partial charge in [-0.3, -0.25) is 0 Å². The summed E-state index contributed by atoms with van der Waals surface area (Å²) in [5.41, 5.74) is 25.1. The minimum Gasteiger partial charge on any atom is -0.310 e. The van der Waals surface area contributed by atoms with Crippen molar-refractivity contribution >= 4 is 17.1 Å². The standard InChI is InChI=1S/C64H59N/c1-61(2,3)44-26-32-52-53-33-27-45(62(4,5)6)37-59(53)64(58(52)36-44)56-19-12-10-17-50(56)54-35-31-48(39-60(54)64)65(47-30-34-51-49-16-9-11-18-55(49)63(7,8)57(51)38-47)46-28-24-43(25-29-46)42-22-20-41(21-23-42)40-14-13-15-40/h9-12,16-40H,13-15H2,1-8H3/i40D. The van der Waals surface area contributed by atoms with Gasteiger partial charge in [-0.05, 0) is 161 Å². The van der Waals surface area contributed by atoms with E-state index in [0.29, 0.717) is 0 Å². The highest BCUT2D eigenvalue weighted by Crippen LogP contribution is 2.64. The summed E-state index contributed by atoms with van der Waals surface area (Å²) in [4.78, 5) is 2.50. The number of benzene rings is 8. The number of rotatable bonds is 5. The molecule has 12 rings (SSSR count). The first-order valence-electron chi connectivity index (χ1n) is 24.4. The van der Waals surface area contributed by atoms with E-state index in [1.807, 2.05) is 0 Å². The van der Waals surface area contributed by atoms with Crippen molar-refractivity contribution < 1.29 is 1.37 Å². The highest BCUT2D eigenvalue weighted by Gasteiger charge is 2.52. The monoisotopic (exact) mass is 842 g/mol. The third-order valence-electron chi connectivity index (χ3n) is 15.7. The molecule has 320 valence electrons. The molecule has 0 unspecified atom stereocenters. The van der Waals surface area contributed by atoms with Gasteiger partial charge in [0.15, 0.2) is 0 Å². The number of hydrogen-bond donors (Lipinski definition) is 0. The van der Waals surface area contributed by atoms with Crippen LogP contribution in [0.2, 0.25) is 0 Å². The topological polar surface area (TPSA) is 3.24 Å². The lowest BCUT2D eigenvalue weighted by Gasteiger charge is -2.34. The molecular formula is C64H59N. The molecule has 1 spiro atoms. The lowest BCUT2D eigenvalue weighted by atomic mass is 9.68. The first-order valence-corrected chi connectivity index (χ1v) is 23.9. The Hall–Kier alpha value is -6.44. The molecule has 1 nitrogen and oxygen atoms in total. The molecule has 0 N–H and O–H groups in total. The summed E-state index contributed by atoms with van der Waals surface area (Å²) in [6.07, 6.45) is 3.05. The van der Waals surface area contributed by atoms with E-state index in [2.05, 4.69) is 230 Å². The summed E-state index contributed by atoms with van der Waals surface area (Å²) in [5, 5.41) is 0. The van der Waals surface area contributed by atoms with Gasteiger partial charge in [0, 0.05) is 23.8 Å². The maximum absolute atomic E-state index is 8.90. The summed E-state index contributed by atoms with van der Waals surface area (Å²) >= 11 is 0. The van der Waals surface area contributed by atoms with E-state index in [9.17, 15) is 0 Å². The number of hydrogen-bond acceptors (Lipinski definition) is 1. The summed E-state index contributed by atoms with van der Waals surface area (Å²) in [5.74, 6) is -0.420. The lowest BCUT2D eigenvalue weighted by molar-refractivity contribution is 0.420. The van der Waals surface area contributed by atoms with Crippen LogP contribution in [0, 0.1) is 0 Å². The highest BCUT2D eigenvalue weighted by molar-refractivity contribution is 5.97. The molecule has 8 aromatic carbocycles. The summed E-state index contributed by atoms with van der Waals surface area (Å²) in [6.45, 7) is 18.8. The zero-order valence-corrected chi connectivity index (χ0v) is 39.2. The van der Waals surface area contributed by atoms with Crippen molar-refractivity contribution in [1.29, 1.82) is 0 Å². The average molecular weight is 843 g/mol. The third-order valence-corrected chi connectivity index (χ3v) is 15.7. The number of nitrogens with zero attached hydrogens (tertiary/aromatic N) is 1. The molecule has 4 aliphatic carbocycles. The zero-order valence-electron chi connectivity index (χ0n) is 40.2. The van der Waals surface area contributed by atoms with Gasteiger partial charge in [-0.2, -0.15) is 0 Å². The Morgan fingerprint density at radius 3 is 1.37 bits per heavy atom. The summed E-state index contributed by atoms with van der Waals surface area (Å²) < 4.78 is 8.90. The van der Waals surface area contributed by atoms with Gasteiger partial charge in [0.25, 0.3) is 0 Å². The molecule has 0 radical (unpaired) electrons. The summed E-state index contributed by atoms with van der Waals surface area (Å²) in [7, 11) is 0. The van der Waals surface area contributed by atoms with Gasteiger partial charge in [-0.1, -0.05) is 195 Å². The Morgan fingerprint density at radius 1 is 0.431 bits per heavy atom. The van der Waals surface area contributed by atoms with Gasteiger partial charge in [0.1, 0.15) is 0 Å². The first kappa shape index (κ1) is 39.0. The molecule has 0 heterocycles. The molecule has 1 heteroatoms. The molecular weight excluding hydrogens is 783 g/mol. The second-order valence-corrected chi connectivity index (χ2v) is 21.9. The van der Waals surface area contributed by atoms with Crippen molar-refractivity contribution in [3.63, 3.8) is 0 Å². The van der Waals surface area contributed by atoms with Gasteiger partial charge < -0.3 is 4.90 Å². The SMILES string of the molecule is [2H]C1(c2ccc(-c3ccc(N(c4ccc5c(c4)C(C)(C)c4ccccc4-5)c4ccc5c(c4)C4(c6ccccc6-5)c5cc(C(C)(C)C)ccc5-c5ccc(C(C)(C)C)cc54)cc3)cc2)CCC1. The van der Waals surface area contributed by atoms with Crippen LogP contribution >= 0.6 is 0 Å². The Bertz CT molecular complexity index is 3210. The Morgan fingerprint density at radius 2 is 0.846 bits per heavy atom. The Labute approximate surface area is 388 Å². The van der Waals surface area contributed by atoms with E-state index in [4.69, 9.17) is 1.37 Å². The lowest BCUT2D eigenvalue weighted by Crippen LogP contribution is -2.27. The molecule has 0 saturated heterocycles. The average Bonchev–Trinajstić information content (AvgIpc) is 3.85. The fourth-order valence-electron chi connectivity index (χ4n) is 11.9. The van der Waals surface area contributed by atoms with Gasteiger partial charge in [0.2, 0.25) is 0 Å². The van der Waals surface area contributed by atoms with E-state index >= 15 is 0 Å². The van der Waals surface area contributed by atoms with Crippen LogP contribution in [0.15, 0.2) is 170 Å². The number of fused-ring (bicyclic) bond motifs is 13. The smallest absolute Gasteiger partial charge is 0.0726 e. The van der Waals surface area contributed by atoms with E-state index < -0.39 is 11.3 Å². The second-order valence-electron chi connectivity index (χ2n) is 21.9. The molecule has 1 saturated carbocycles.